The molecular weight excluding hydrogens is 474 g/mol. The molecule has 0 saturated carbocycles. The van der Waals surface area contributed by atoms with Crippen molar-refractivity contribution < 1.29 is 19.5 Å². The summed E-state index contributed by atoms with van der Waals surface area (Å²) in [4.78, 5) is 43.3. The predicted molar refractivity (Wildman–Crippen MR) is 137 cm³/mol. The third kappa shape index (κ3) is 7.33. The van der Waals surface area contributed by atoms with Gasteiger partial charge in [-0.2, -0.15) is 0 Å². The second-order valence-electron chi connectivity index (χ2n) is 8.01. The van der Waals surface area contributed by atoms with Crippen LogP contribution in [0.4, 0.5) is 11.4 Å². The minimum absolute atomic E-state index is 0.0678. The molecule has 2 aromatic carbocycles. The van der Waals surface area contributed by atoms with E-state index in [0.29, 0.717) is 28.1 Å². The number of benzene rings is 2. The number of rotatable bonds is 10. The van der Waals surface area contributed by atoms with Crippen LogP contribution in [0.3, 0.4) is 0 Å². The minimum Gasteiger partial charge on any atom is -0.478 e. The first-order valence-electron chi connectivity index (χ1n) is 11.3. The van der Waals surface area contributed by atoms with Crippen molar-refractivity contribution in [2.75, 3.05) is 11.9 Å². The monoisotopic (exact) mass is 501 g/mol. The van der Waals surface area contributed by atoms with Crippen LogP contribution in [0.25, 0.3) is 0 Å². The molecule has 2 aromatic rings. The number of aromatic carboxylic acids is 1. The van der Waals surface area contributed by atoms with Crippen LogP contribution in [0.2, 0.25) is 5.02 Å². The SMILES string of the molecule is CCCCCCCN1C(=O)CC(C(=O)Nc2ccc(C(=O)O)cc2)SC1=Nc1ccc(Cl)cc1. The lowest BCUT2D eigenvalue weighted by Crippen LogP contribution is -2.45. The molecule has 0 radical (unpaired) electrons. The van der Waals surface area contributed by atoms with Crippen LogP contribution in [0, 0.1) is 0 Å². The molecule has 2 amide bonds. The fraction of sp³-hybridized carbons (Fsp3) is 0.360. The van der Waals surface area contributed by atoms with Gasteiger partial charge in [-0.05, 0) is 55.0 Å². The van der Waals surface area contributed by atoms with E-state index in [-0.39, 0.29) is 23.8 Å². The fourth-order valence-corrected chi connectivity index (χ4v) is 4.73. The second-order valence-corrected chi connectivity index (χ2v) is 9.62. The lowest BCUT2D eigenvalue weighted by molar-refractivity contribution is -0.129. The Kier molecular flexibility index (Phi) is 9.53. The summed E-state index contributed by atoms with van der Waals surface area (Å²) >= 11 is 7.24. The van der Waals surface area contributed by atoms with Crippen LogP contribution < -0.4 is 5.32 Å². The van der Waals surface area contributed by atoms with E-state index in [1.54, 1.807) is 29.2 Å². The summed E-state index contributed by atoms with van der Waals surface area (Å²) in [6.07, 6.45) is 5.42. The van der Waals surface area contributed by atoms with Gasteiger partial charge in [0.05, 0.1) is 11.3 Å². The van der Waals surface area contributed by atoms with E-state index in [4.69, 9.17) is 16.7 Å². The number of thioether (sulfide) groups is 1. The zero-order valence-electron chi connectivity index (χ0n) is 19.0. The van der Waals surface area contributed by atoms with E-state index < -0.39 is 11.2 Å². The van der Waals surface area contributed by atoms with Crippen LogP contribution in [0.1, 0.15) is 55.8 Å². The van der Waals surface area contributed by atoms with Gasteiger partial charge in [0.2, 0.25) is 11.8 Å². The Bertz CT molecular complexity index is 1040. The van der Waals surface area contributed by atoms with Gasteiger partial charge < -0.3 is 10.4 Å². The quantitative estimate of drug-likeness (QED) is 0.391. The lowest BCUT2D eigenvalue weighted by atomic mass is 10.1. The van der Waals surface area contributed by atoms with Crippen molar-refractivity contribution in [1.82, 2.24) is 4.90 Å². The topological polar surface area (TPSA) is 99.1 Å². The molecule has 1 fully saturated rings. The van der Waals surface area contributed by atoms with Gasteiger partial charge in [0.15, 0.2) is 5.17 Å². The zero-order valence-corrected chi connectivity index (χ0v) is 20.6. The fourth-order valence-electron chi connectivity index (χ4n) is 3.48. The summed E-state index contributed by atoms with van der Waals surface area (Å²) in [6, 6.07) is 12.9. The number of hydrogen-bond acceptors (Lipinski definition) is 5. The third-order valence-corrected chi connectivity index (χ3v) is 6.81. The second kappa shape index (κ2) is 12.6. The number of amides is 2. The summed E-state index contributed by atoms with van der Waals surface area (Å²) in [6.45, 7) is 2.72. The van der Waals surface area contributed by atoms with E-state index in [9.17, 15) is 14.4 Å². The van der Waals surface area contributed by atoms with E-state index in [0.717, 1.165) is 25.7 Å². The van der Waals surface area contributed by atoms with Crippen LogP contribution in [-0.4, -0.2) is 44.8 Å². The molecule has 1 heterocycles. The smallest absolute Gasteiger partial charge is 0.335 e. The van der Waals surface area contributed by atoms with E-state index >= 15 is 0 Å². The molecule has 34 heavy (non-hydrogen) atoms. The lowest BCUT2D eigenvalue weighted by Gasteiger charge is -2.32. The molecule has 1 aliphatic rings. The van der Waals surface area contributed by atoms with Crippen LogP contribution in [-0.2, 0) is 9.59 Å². The summed E-state index contributed by atoms with van der Waals surface area (Å²) in [7, 11) is 0. The van der Waals surface area contributed by atoms with Gasteiger partial charge in [0.1, 0.15) is 5.25 Å². The molecule has 1 saturated heterocycles. The normalized spacial score (nSPS) is 17.1. The molecule has 3 rings (SSSR count). The van der Waals surface area contributed by atoms with Crippen molar-refractivity contribution >= 4 is 57.7 Å². The van der Waals surface area contributed by atoms with Gasteiger partial charge in [0.25, 0.3) is 0 Å². The summed E-state index contributed by atoms with van der Waals surface area (Å²) in [5.74, 6) is -1.50. The highest BCUT2D eigenvalue weighted by Crippen LogP contribution is 2.30. The maximum atomic E-state index is 13.0. The van der Waals surface area contributed by atoms with Crippen molar-refractivity contribution in [3.63, 3.8) is 0 Å². The molecule has 1 aliphatic heterocycles. The Balaban J connectivity index is 1.74. The number of carboxylic acids is 1. The predicted octanol–water partition coefficient (Wildman–Crippen LogP) is 5.97. The molecule has 180 valence electrons. The molecule has 0 aromatic heterocycles. The number of anilines is 1. The highest BCUT2D eigenvalue weighted by molar-refractivity contribution is 8.15. The van der Waals surface area contributed by atoms with Crippen molar-refractivity contribution in [1.29, 1.82) is 0 Å². The van der Waals surface area contributed by atoms with Gasteiger partial charge in [-0.15, -0.1) is 0 Å². The first-order valence-corrected chi connectivity index (χ1v) is 12.6. The Labute approximate surface area is 208 Å². The van der Waals surface area contributed by atoms with Crippen molar-refractivity contribution in [3.05, 3.63) is 59.1 Å². The Morgan fingerprint density at radius 2 is 1.76 bits per heavy atom. The van der Waals surface area contributed by atoms with E-state index in [2.05, 4.69) is 17.2 Å². The molecule has 0 spiro atoms. The Morgan fingerprint density at radius 3 is 2.41 bits per heavy atom. The number of nitrogens with zero attached hydrogens (tertiary/aromatic N) is 2. The molecule has 2 N–H and O–H groups in total. The van der Waals surface area contributed by atoms with Crippen LogP contribution >= 0.6 is 23.4 Å². The van der Waals surface area contributed by atoms with Gasteiger partial charge in [0, 0.05) is 23.7 Å². The summed E-state index contributed by atoms with van der Waals surface area (Å²) in [5, 5.41) is 12.3. The average Bonchev–Trinajstić information content (AvgIpc) is 2.82. The molecule has 1 atom stereocenters. The third-order valence-electron chi connectivity index (χ3n) is 5.37. The maximum absolute atomic E-state index is 13.0. The highest BCUT2D eigenvalue weighted by Gasteiger charge is 2.35. The molecule has 1 unspecified atom stereocenters. The van der Waals surface area contributed by atoms with Crippen molar-refractivity contribution in [3.8, 4) is 0 Å². The molecular formula is C25H28ClN3O4S. The average molecular weight is 502 g/mol. The van der Waals surface area contributed by atoms with Gasteiger partial charge in [-0.1, -0.05) is 56.0 Å². The first-order chi connectivity index (χ1) is 16.4. The van der Waals surface area contributed by atoms with Crippen LogP contribution in [0.15, 0.2) is 53.5 Å². The number of nitrogens with one attached hydrogen (secondary N) is 1. The molecule has 0 bridgehead atoms. The van der Waals surface area contributed by atoms with Crippen molar-refractivity contribution in [2.45, 2.75) is 50.7 Å². The largest absolute Gasteiger partial charge is 0.478 e. The van der Waals surface area contributed by atoms with Gasteiger partial charge in [-0.3, -0.25) is 14.5 Å². The van der Waals surface area contributed by atoms with Gasteiger partial charge >= 0.3 is 5.97 Å². The van der Waals surface area contributed by atoms with E-state index in [1.165, 1.54) is 42.4 Å². The number of hydrogen-bond donors (Lipinski definition) is 2. The molecule has 7 nitrogen and oxygen atoms in total. The molecule has 0 aliphatic carbocycles. The van der Waals surface area contributed by atoms with Gasteiger partial charge in [-0.25, -0.2) is 9.79 Å². The number of halogens is 1. The minimum atomic E-state index is -1.04. The summed E-state index contributed by atoms with van der Waals surface area (Å²) < 4.78 is 0. The number of carbonyl (C=O) groups excluding carboxylic acids is 2. The number of unbranched alkanes of at least 4 members (excludes halogenated alkanes) is 4. The number of carboxylic acid groups (broad SMARTS) is 1. The molecule has 9 heteroatoms. The highest BCUT2D eigenvalue weighted by atomic mass is 35.5. The maximum Gasteiger partial charge on any atom is 0.335 e. The Hall–Kier alpha value is -2.84. The standard InChI is InChI=1S/C25H28ClN3O4S/c1-2-3-4-5-6-15-29-22(30)16-21(34-25(29)28-20-13-9-18(26)10-14-20)23(31)27-19-11-7-17(8-12-19)24(32)33/h7-14,21H,2-6,15-16H2,1H3,(H,27,31)(H,32,33). The van der Waals surface area contributed by atoms with E-state index in [1.807, 2.05) is 0 Å². The number of carbonyl (C=O) groups is 3. The van der Waals surface area contributed by atoms with Crippen molar-refractivity contribution in [2.24, 2.45) is 4.99 Å². The first kappa shape index (κ1) is 25.8. The number of amidine groups is 1. The van der Waals surface area contributed by atoms with Crippen LogP contribution in [0.5, 0.6) is 0 Å². The Morgan fingerprint density at radius 1 is 1.09 bits per heavy atom. The number of aliphatic imine (C=N–C) groups is 1. The zero-order chi connectivity index (χ0) is 24.5. The summed E-state index contributed by atoms with van der Waals surface area (Å²) in [5.41, 5.74) is 1.26.